The maximum Gasteiger partial charge on any atom is 0.155 e. The summed E-state index contributed by atoms with van der Waals surface area (Å²) >= 11 is 0. The number of nitrogens with zero attached hydrogens (tertiary/aromatic N) is 1. The molecule has 170 valence electrons. The number of allylic oxidation sites excluding steroid dienone is 3. The molecule has 2 saturated carbocycles. The Morgan fingerprint density at radius 3 is 2.81 bits per heavy atom. The van der Waals surface area contributed by atoms with Crippen LogP contribution >= 0.6 is 0 Å². The van der Waals surface area contributed by atoms with Crippen molar-refractivity contribution < 1.29 is 14.7 Å². The van der Waals surface area contributed by atoms with Gasteiger partial charge in [0.2, 0.25) is 0 Å². The molecule has 0 aromatic rings. The van der Waals surface area contributed by atoms with Crippen LogP contribution in [0.3, 0.4) is 0 Å². The minimum atomic E-state index is -0.193. The van der Waals surface area contributed by atoms with Crippen LogP contribution in [0.2, 0.25) is 0 Å². The first-order valence-corrected chi connectivity index (χ1v) is 12.8. The minimum absolute atomic E-state index is 0.128. The molecule has 0 aromatic carbocycles. The van der Waals surface area contributed by atoms with Crippen molar-refractivity contribution in [3.05, 3.63) is 22.8 Å². The van der Waals surface area contributed by atoms with Gasteiger partial charge in [0.15, 0.2) is 5.78 Å². The van der Waals surface area contributed by atoms with Gasteiger partial charge in [-0.25, -0.2) is 0 Å². The highest BCUT2D eigenvalue weighted by Gasteiger charge is 2.61. The smallest absolute Gasteiger partial charge is 0.155 e. The monoisotopic (exact) mass is 425 g/mol. The Labute approximate surface area is 187 Å². The summed E-state index contributed by atoms with van der Waals surface area (Å²) in [6, 6.07) is 0.128. The van der Waals surface area contributed by atoms with E-state index in [0.717, 1.165) is 44.6 Å². The number of hydrogen-bond donors (Lipinski definition) is 1. The van der Waals surface area contributed by atoms with Crippen LogP contribution < -0.4 is 0 Å². The molecule has 0 aromatic heterocycles. The number of ketones is 1. The van der Waals surface area contributed by atoms with Crippen LogP contribution in [0.4, 0.5) is 0 Å². The zero-order valence-corrected chi connectivity index (χ0v) is 19.7. The molecule has 0 unspecified atom stereocenters. The second-order valence-electron chi connectivity index (χ2n) is 12.1. The summed E-state index contributed by atoms with van der Waals surface area (Å²) in [5, 5.41) is 12.4. The number of hydrogen-bond acceptors (Lipinski definition) is 4. The van der Waals surface area contributed by atoms with E-state index in [2.05, 4.69) is 27.7 Å². The average Bonchev–Trinajstić information content (AvgIpc) is 3.23. The van der Waals surface area contributed by atoms with Crippen molar-refractivity contribution in [3.63, 3.8) is 0 Å². The number of rotatable bonds is 0. The highest BCUT2D eigenvalue weighted by Crippen LogP contribution is 2.65. The number of carbonyl (C=O) groups is 1. The molecule has 4 nitrogen and oxygen atoms in total. The Bertz CT molecular complexity index is 876. The zero-order chi connectivity index (χ0) is 21.7. The molecule has 0 radical (unpaired) electrons. The summed E-state index contributed by atoms with van der Waals surface area (Å²) < 4.78 is 6.95. The topological polar surface area (TPSA) is 49.8 Å². The van der Waals surface area contributed by atoms with Gasteiger partial charge in [0.25, 0.3) is 0 Å². The van der Waals surface area contributed by atoms with Gasteiger partial charge >= 0.3 is 0 Å². The highest BCUT2D eigenvalue weighted by atomic mass is 16.5. The van der Waals surface area contributed by atoms with Crippen molar-refractivity contribution in [1.82, 2.24) is 5.06 Å². The highest BCUT2D eigenvalue weighted by molar-refractivity contribution is 5.91. The predicted octanol–water partition coefficient (Wildman–Crippen LogP) is 5.31. The van der Waals surface area contributed by atoms with Crippen molar-refractivity contribution in [1.29, 1.82) is 0 Å². The molecule has 4 heteroatoms. The van der Waals surface area contributed by atoms with Gasteiger partial charge in [-0.05, 0) is 92.6 Å². The molecule has 0 bridgehead atoms. The lowest BCUT2D eigenvalue weighted by atomic mass is 9.56. The first-order valence-electron chi connectivity index (χ1n) is 12.8. The van der Waals surface area contributed by atoms with Crippen molar-refractivity contribution >= 4 is 5.78 Å². The van der Waals surface area contributed by atoms with E-state index in [-0.39, 0.29) is 23.2 Å². The van der Waals surface area contributed by atoms with E-state index >= 15 is 0 Å². The van der Waals surface area contributed by atoms with Gasteiger partial charge in [0.05, 0.1) is 17.7 Å². The third kappa shape index (κ3) is 2.68. The molecule has 2 aliphatic heterocycles. The quantitative estimate of drug-likeness (QED) is 0.534. The molecule has 2 heterocycles. The molecule has 6 aliphatic rings. The van der Waals surface area contributed by atoms with E-state index < -0.39 is 0 Å². The molecule has 1 N–H and O–H groups in total. The second-order valence-corrected chi connectivity index (χ2v) is 12.1. The Balaban J connectivity index is 1.36. The number of carbonyl (C=O) groups excluding carboxylic acids is 1. The van der Waals surface area contributed by atoms with E-state index in [0.29, 0.717) is 29.5 Å². The van der Waals surface area contributed by atoms with E-state index in [1.54, 1.807) is 10.6 Å². The fourth-order valence-corrected chi connectivity index (χ4v) is 9.22. The summed E-state index contributed by atoms with van der Waals surface area (Å²) in [4.78, 5) is 12.1. The number of piperidine rings is 1. The summed E-state index contributed by atoms with van der Waals surface area (Å²) in [6.45, 7) is 10.1. The first-order chi connectivity index (χ1) is 14.7. The van der Waals surface area contributed by atoms with Crippen molar-refractivity contribution in [3.8, 4) is 0 Å². The van der Waals surface area contributed by atoms with Gasteiger partial charge in [-0.15, -0.1) is 0 Å². The van der Waals surface area contributed by atoms with Crippen LogP contribution in [-0.4, -0.2) is 40.3 Å². The molecule has 2 saturated heterocycles. The van der Waals surface area contributed by atoms with E-state index in [1.807, 2.05) is 6.08 Å². The normalized spacial score (nSPS) is 52.0. The van der Waals surface area contributed by atoms with E-state index in [1.165, 1.54) is 30.4 Å². The lowest BCUT2D eigenvalue weighted by Crippen LogP contribution is -2.50. The Morgan fingerprint density at radius 2 is 2.00 bits per heavy atom. The molecule has 9 atom stereocenters. The van der Waals surface area contributed by atoms with Gasteiger partial charge in [-0.1, -0.05) is 31.9 Å². The Kier molecular flexibility index (Phi) is 4.51. The summed E-state index contributed by atoms with van der Waals surface area (Å²) in [5.41, 5.74) is 4.65. The van der Waals surface area contributed by atoms with Crippen molar-refractivity contribution in [2.45, 2.75) is 96.8 Å². The third-order valence-electron chi connectivity index (χ3n) is 10.9. The second kappa shape index (κ2) is 6.77. The molecule has 4 fully saturated rings. The fourth-order valence-electron chi connectivity index (χ4n) is 9.22. The van der Waals surface area contributed by atoms with Crippen LogP contribution in [0, 0.1) is 35.0 Å². The number of hydroxylamine groups is 2. The number of fused-ring (bicyclic) bond motifs is 6. The lowest BCUT2D eigenvalue weighted by Gasteiger charge is -2.48. The molecule has 6 rings (SSSR count). The summed E-state index contributed by atoms with van der Waals surface area (Å²) in [5.74, 6) is 3.30. The number of ether oxygens (including phenoxy) is 1. The lowest BCUT2D eigenvalue weighted by molar-refractivity contribution is -0.178. The fraction of sp³-hybridized carbons (Fsp3) is 0.815. The Hall–Kier alpha value is -0.970. The van der Waals surface area contributed by atoms with Crippen LogP contribution in [-0.2, 0) is 9.53 Å². The maximum atomic E-state index is 12.1. The Morgan fingerprint density at radius 1 is 1.19 bits per heavy atom. The van der Waals surface area contributed by atoms with Crippen molar-refractivity contribution in [2.75, 3.05) is 6.54 Å². The van der Waals surface area contributed by atoms with E-state index in [9.17, 15) is 10.0 Å². The van der Waals surface area contributed by atoms with Gasteiger partial charge in [-0.3, -0.25) is 4.79 Å². The molecule has 4 aliphatic carbocycles. The minimum Gasteiger partial charge on any atom is -0.365 e. The third-order valence-corrected chi connectivity index (χ3v) is 10.9. The summed E-state index contributed by atoms with van der Waals surface area (Å²) in [7, 11) is 0. The van der Waals surface area contributed by atoms with Crippen LogP contribution in [0.1, 0.15) is 79.1 Å². The van der Waals surface area contributed by atoms with Crippen LogP contribution in [0.5, 0.6) is 0 Å². The largest absolute Gasteiger partial charge is 0.365 e. The van der Waals surface area contributed by atoms with Gasteiger partial charge in [0, 0.05) is 18.9 Å². The first kappa shape index (κ1) is 20.6. The summed E-state index contributed by atoms with van der Waals surface area (Å²) in [6.07, 6.45) is 10.9. The van der Waals surface area contributed by atoms with Crippen LogP contribution in [0.25, 0.3) is 0 Å². The van der Waals surface area contributed by atoms with Crippen LogP contribution in [0.15, 0.2) is 22.8 Å². The molecular weight excluding hydrogens is 386 g/mol. The molecular formula is C27H39NO3. The maximum absolute atomic E-state index is 12.1. The van der Waals surface area contributed by atoms with E-state index in [4.69, 9.17) is 4.74 Å². The van der Waals surface area contributed by atoms with Gasteiger partial charge < -0.3 is 9.94 Å². The van der Waals surface area contributed by atoms with Gasteiger partial charge in [-0.2, -0.15) is 5.06 Å². The average molecular weight is 426 g/mol. The zero-order valence-electron chi connectivity index (χ0n) is 19.7. The van der Waals surface area contributed by atoms with Gasteiger partial charge in [0.1, 0.15) is 0 Å². The molecule has 1 spiro atoms. The molecule has 31 heavy (non-hydrogen) atoms. The molecule has 0 amide bonds. The standard InChI is InChI=1S/C27H39NO3/c1-15-11-24-25(28(30)14-15)17(3)27(31-24)10-8-20-21-6-5-18-12-19(29)7-9-26(18,4)23(21)13-22(20)16(27)2/h12,15,17,20-21,23-25,30H,5-11,13-14H2,1-4H3/t15-,17+,20-,21-,23-,24+,25-,26-,27-/m0/s1. The SMILES string of the molecule is CC1=C2C[C@H]3[C@@H](CCC4=CC(=O)CC[C@@]43C)[C@@H]2CC[C@]12O[C@@H]1C[C@H](C)CN(O)[C@H]1[C@H]2C. The van der Waals surface area contributed by atoms with Crippen molar-refractivity contribution in [2.24, 2.45) is 35.0 Å². The predicted molar refractivity (Wildman–Crippen MR) is 120 cm³/mol.